The number of amides is 1. The van der Waals surface area contributed by atoms with Gasteiger partial charge in [0, 0.05) is 48.9 Å². The molecule has 0 aliphatic carbocycles. The lowest BCUT2D eigenvalue weighted by molar-refractivity contribution is 0.0692. The quantitative estimate of drug-likeness (QED) is 0.410. The third-order valence-corrected chi connectivity index (χ3v) is 7.18. The number of carbonyl (C=O) groups is 1. The van der Waals surface area contributed by atoms with Gasteiger partial charge < -0.3 is 10.2 Å². The Morgan fingerprint density at radius 2 is 1.95 bits per heavy atom. The largest absolute Gasteiger partial charge is 0.336 e. The number of nitrogens with one attached hydrogen (secondary N) is 1. The molecule has 1 aliphatic rings. The van der Waals surface area contributed by atoms with Crippen LogP contribution in [0.2, 0.25) is 0 Å². The maximum Gasteiger partial charge on any atom is 0.274 e. The van der Waals surface area contributed by atoms with E-state index >= 15 is 4.39 Å². The van der Waals surface area contributed by atoms with Gasteiger partial charge in [-0.2, -0.15) is 5.10 Å². The number of halogens is 2. The number of hydrogen-bond acceptors (Lipinski definition) is 4. The van der Waals surface area contributed by atoms with E-state index in [9.17, 15) is 9.18 Å². The number of carbonyl (C=O) groups excluding carboxylic acids is 1. The smallest absolute Gasteiger partial charge is 0.274 e. The van der Waals surface area contributed by atoms with Crippen molar-refractivity contribution >= 4 is 22.5 Å². The fourth-order valence-electron chi connectivity index (χ4n) is 4.99. The van der Waals surface area contributed by atoms with E-state index in [0.717, 1.165) is 18.5 Å². The number of likely N-dealkylation sites (N-methyl/N-ethyl adjacent to an activating group) is 1. The minimum Gasteiger partial charge on any atom is -0.336 e. The molecule has 1 aliphatic heterocycles. The van der Waals surface area contributed by atoms with Crippen LogP contribution in [0.4, 0.5) is 14.5 Å². The molecule has 0 saturated carbocycles. The van der Waals surface area contributed by atoms with Gasteiger partial charge in [0.2, 0.25) is 5.69 Å². The first-order chi connectivity index (χ1) is 17.7. The zero-order chi connectivity index (χ0) is 26.4. The van der Waals surface area contributed by atoms with Crippen molar-refractivity contribution in [2.24, 2.45) is 7.05 Å². The van der Waals surface area contributed by atoms with E-state index in [2.05, 4.69) is 20.2 Å². The second-order valence-corrected chi connectivity index (χ2v) is 9.39. The van der Waals surface area contributed by atoms with Gasteiger partial charge in [0.15, 0.2) is 5.82 Å². The Bertz CT molecular complexity index is 1580. The van der Waals surface area contributed by atoms with Crippen LogP contribution in [0.1, 0.15) is 34.7 Å². The number of nitrogens with zero attached hydrogens (tertiary/aromatic N) is 6. The third-order valence-electron chi connectivity index (χ3n) is 7.18. The minimum atomic E-state index is -0.690. The number of likely N-dealkylation sites (tertiary alicyclic amines) is 1. The van der Waals surface area contributed by atoms with Gasteiger partial charge in [0.25, 0.3) is 5.91 Å². The van der Waals surface area contributed by atoms with Gasteiger partial charge in [-0.25, -0.2) is 18.6 Å². The number of benzene rings is 2. The SMILES string of the molecule is [C-]#[N+]c1ccc(-c2nc(C(=O)N3CCC[C@H](NC)C3)c(C)n2-c2cc(F)c3nn(C)c(C)c3c2)cc1F. The molecule has 1 saturated heterocycles. The van der Waals surface area contributed by atoms with Crippen LogP contribution in [0, 0.1) is 32.1 Å². The molecule has 10 heteroatoms. The first-order valence-electron chi connectivity index (χ1n) is 12.1. The third kappa shape index (κ3) is 4.15. The van der Waals surface area contributed by atoms with E-state index in [4.69, 9.17) is 6.57 Å². The molecule has 0 bridgehead atoms. The van der Waals surface area contributed by atoms with E-state index in [-0.39, 0.29) is 28.8 Å². The summed E-state index contributed by atoms with van der Waals surface area (Å²) >= 11 is 0. The van der Waals surface area contributed by atoms with Crippen LogP contribution in [0.3, 0.4) is 0 Å². The summed E-state index contributed by atoms with van der Waals surface area (Å²) in [6.07, 6.45) is 1.85. The molecule has 2 aromatic heterocycles. The zero-order valence-corrected chi connectivity index (χ0v) is 21.1. The molecule has 1 fully saturated rings. The van der Waals surface area contributed by atoms with Gasteiger partial charge in [-0.3, -0.25) is 14.0 Å². The average Bonchev–Trinajstić information content (AvgIpc) is 3.39. The Morgan fingerprint density at radius 3 is 2.65 bits per heavy atom. The molecule has 1 atom stereocenters. The van der Waals surface area contributed by atoms with Crippen molar-refractivity contribution < 1.29 is 13.6 Å². The van der Waals surface area contributed by atoms with Crippen LogP contribution >= 0.6 is 0 Å². The minimum absolute atomic E-state index is 0.111. The van der Waals surface area contributed by atoms with Crippen LogP contribution < -0.4 is 5.32 Å². The topological polar surface area (TPSA) is 72.3 Å². The molecule has 0 unspecified atom stereocenters. The van der Waals surface area contributed by atoms with Crippen LogP contribution in [-0.4, -0.2) is 56.3 Å². The molecular weight excluding hydrogens is 476 g/mol. The van der Waals surface area contributed by atoms with E-state index in [1.165, 1.54) is 18.2 Å². The molecule has 3 heterocycles. The van der Waals surface area contributed by atoms with Crippen molar-refractivity contribution in [3.05, 3.63) is 70.5 Å². The number of aromatic nitrogens is 4. The van der Waals surface area contributed by atoms with Crippen LogP contribution in [0.25, 0.3) is 32.8 Å². The number of hydrogen-bond donors (Lipinski definition) is 1. The van der Waals surface area contributed by atoms with Gasteiger partial charge in [0.1, 0.15) is 22.9 Å². The van der Waals surface area contributed by atoms with Gasteiger partial charge in [-0.1, -0.05) is 12.1 Å². The summed E-state index contributed by atoms with van der Waals surface area (Å²) in [5, 5.41) is 8.13. The summed E-state index contributed by atoms with van der Waals surface area (Å²) in [5.41, 5.74) is 2.48. The first-order valence-corrected chi connectivity index (χ1v) is 12.1. The lowest BCUT2D eigenvalue weighted by atomic mass is 10.1. The molecule has 0 spiro atoms. The summed E-state index contributed by atoms with van der Waals surface area (Å²) in [7, 11) is 3.63. The Kier molecular flexibility index (Phi) is 6.25. The Morgan fingerprint density at radius 1 is 1.16 bits per heavy atom. The summed E-state index contributed by atoms with van der Waals surface area (Å²) in [5.74, 6) is -1.13. The van der Waals surface area contributed by atoms with Crippen molar-refractivity contribution in [3.63, 3.8) is 0 Å². The molecule has 1 amide bonds. The molecule has 37 heavy (non-hydrogen) atoms. The number of rotatable bonds is 4. The number of fused-ring (bicyclic) bond motifs is 1. The van der Waals surface area contributed by atoms with Gasteiger partial charge in [0.05, 0.1) is 18.0 Å². The summed E-state index contributed by atoms with van der Waals surface area (Å²) in [6.45, 7) is 11.9. The van der Waals surface area contributed by atoms with Gasteiger partial charge in [-0.05, 0) is 45.9 Å². The van der Waals surface area contributed by atoms with Crippen molar-refractivity contribution in [2.45, 2.75) is 32.7 Å². The van der Waals surface area contributed by atoms with Gasteiger partial charge >= 0.3 is 0 Å². The highest BCUT2D eigenvalue weighted by Gasteiger charge is 2.29. The van der Waals surface area contributed by atoms with Crippen LogP contribution in [-0.2, 0) is 7.05 Å². The predicted octanol–water partition coefficient (Wildman–Crippen LogP) is 4.70. The maximum atomic E-state index is 15.2. The summed E-state index contributed by atoms with van der Waals surface area (Å²) in [6, 6.07) is 7.54. The second kappa shape index (κ2) is 9.41. The highest BCUT2D eigenvalue weighted by Crippen LogP contribution is 2.33. The predicted molar refractivity (Wildman–Crippen MR) is 137 cm³/mol. The number of piperidine rings is 1. The fourth-order valence-corrected chi connectivity index (χ4v) is 4.99. The second-order valence-electron chi connectivity index (χ2n) is 9.39. The molecular formula is C27H27F2N7O. The monoisotopic (exact) mass is 503 g/mol. The molecule has 1 N–H and O–H groups in total. The van der Waals surface area contributed by atoms with Crippen molar-refractivity contribution in [2.75, 3.05) is 20.1 Å². The van der Waals surface area contributed by atoms with Crippen molar-refractivity contribution in [1.82, 2.24) is 29.5 Å². The van der Waals surface area contributed by atoms with Crippen LogP contribution in [0.15, 0.2) is 30.3 Å². The van der Waals surface area contributed by atoms with E-state index in [1.54, 1.807) is 40.3 Å². The number of aryl methyl sites for hydroxylation is 2. The Labute approximate surface area is 213 Å². The molecule has 4 aromatic rings. The Hall–Kier alpha value is -4.10. The summed E-state index contributed by atoms with van der Waals surface area (Å²) < 4.78 is 33.1. The van der Waals surface area contributed by atoms with E-state index in [0.29, 0.717) is 41.2 Å². The summed E-state index contributed by atoms with van der Waals surface area (Å²) in [4.78, 5) is 23.3. The maximum absolute atomic E-state index is 15.2. The Balaban J connectivity index is 1.71. The fraction of sp³-hybridized carbons (Fsp3) is 0.333. The van der Waals surface area contributed by atoms with Crippen LogP contribution in [0.5, 0.6) is 0 Å². The van der Waals surface area contributed by atoms with Crippen molar-refractivity contribution in [1.29, 1.82) is 0 Å². The molecule has 2 aromatic carbocycles. The van der Waals surface area contributed by atoms with E-state index in [1.807, 2.05) is 14.0 Å². The lowest BCUT2D eigenvalue weighted by Gasteiger charge is -2.32. The molecule has 190 valence electrons. The molecule has 0 radical (unpaired) electrons. The standard InChI is InChI=1S/C27H27F2N7O/c1-15-20-12-19(13-22(29)25(20)33-34(15)5)36-16(2)24(27(37)35-10-6-7-18(14-35)30-3)32-26(36)17-8-9-23(31-4)21(28)11-17/h8-9,11-13,18,30H,6-7,10,14H2,1-3,5H3/t18-/m0/s1. The molecule has 8 nitrogen and oxygen atoms in total. The average molecular weight is 504 g/mol. The first kappa shape index (κ1) is 24.6. The lowest BCUT2D eigenvalue weighted by Crippen LogP contribution is -2.47. The highest BCUT2D eigenvalue weighted by atomic mass is 19.1. The molecule has 5 rings (SSSR count). The van der Waals surface area contributed by atoms with Crippen molar-refractivity contribution in [3.8, 4) is 17.1 Å². The van der Waals surface area contributed by atoms with E-state index < -0.39 is 11.6 Å². The zero-order valence-electron chi connectivity index (χ0n) is 21.1. The van der Waals surface area contributed by atoms with Gasteiger partial charge in [-0.15, -0.1) is 0 Å². The normalized spacial score (nSPS) is 15.8. The highest BCUT2D eigenvalue weighted by molar-refractivity contribution is 5.95. The number of imidazole rings is 1.